The largest absolute Gasteiger partial charge is 0.494 e. The Bertz CT molecular complexity index is 494. The molecule has 0 fully saturated rings. The number of ether oxygens (including phenoxy) is 1. The van der Waals surface area contributed by atoms with E-state index in [4.69, 9.17) is 4.74 Å². The van der Waals surface area contributed by atoms with Crippen molar-refractivity contribution in [1.29, 1.82) is 0 Å². The summed E-state index contributed by atoms with van der Waals surface area (Å²) in [6.45, 7) is 14.1. The summed E-state index contributed by atoms with van der Waals surface area (Å²) in [5, 5.41) is 11.1. The summed E-state index contributed by atoms with van der Waals surface area (Å²) in [6.07, 6.45) is 6.50. The molecule has 132 valence electrons. The van der Waals surface area contributed by atoms with Gasteiger partial charge in [0.15, 0.2) is 11.4 Å². The fraction of sp³-hybridized carbons (Fsp3) is 0.750. The van der Waals surface area contributed by atoms with E-state index in [0.717, 1.165) is 17.8 Å². The Balaban J connectivity index is 2.91. The highest BCUT2D eigenvalue weighted by Crippen LogP contribution is 2.42. The molecule has 3 nitrogen and oxygen atoms in total. The molecule has 0 saturated carbocycles. The maximum atomic E-state index is 12.8. The molecule has 1 N–H and O–H groups in total. The molecule has 0 aliphatic heterocycles. The number of rotatable bonds is 7. The molecule has 0 amide bonds. The summed E-state index contributed by atoms with van der Waals surface area (Å²) < 4.78 is 5.92. The summed E-state index contributed by atoms with van der Waals surface area (Å²) in [5.41, 5.74) is -0.390. The van der Waals surface area contributed by atoms with Crippen LogP contribution in [0.25, 0.3) is 0 Å². The Morgan fingerprint density at radius 1 is 1.26 bits per heavy atom. The molecule has 0 spiro atoms. The lowest BCUT2D eigenvalue weighted by molar-refractivity contribution is -0.145. The molecule has 1 rings (SSSR count). The van der Waals surface area contributed by atoms with Gasteiger partial charge in [0.25, 0.3) is 0 Å². The highest BCUT2D eigenvalue weighted by Gasteiger charge is 2.50. The van der Waals surface area contributed by atoms with Gasteiger partial charge in [-0.2, -0.15) is 0 Å². The molecule has 1 aliphatic rings. The molecule has 0 heterocycles. The number of Topliss-reactive ketones (excluding diaryl/α,β-unsaturated/α-hetero) is 1. The summed E-state index contributed by atoms with van der Waals surface area (Å²) >= 11 is 0. The lowest BCUT2D eigenvalue weighted by atomic mass is 9.66. The zero-order valence-electron chi connectivity index (χ0n) is 16.0. The average Bonchev–Trinajstić information content (AvgIpc) is 2.48. The quantitative estimate of drug-likeness (QED) is 0.685. The first-order valence-electron chi connectivity index (χ1n) is 8.86. The standard InChI is InChI=1S/C20H34O3/c1-8-9-10-11-12-23-17-13-14(2)20(22,16(4)15(17)3)18(21)19(5,6)7/h13,16,22H,8-12H2,1-7H3/t16-,20-/m0/s1. The minimum atomic E-state index is -1.43. The first-order chi connectivity index (χ1) is 10.6. The molecule has 0 aromatic heterocycles. The Hall–Kier alpha value is -1.09. The topological polar surface area (TPSA) is 46.5 Å². The summed E-state index contributed by atoms with van der Waals surface area (Å²) in [4.78, 5) is 12.8. The first kappa shape index (κ1) is 20.0. The smallest absolute Gasteiger partial charge is 0.174 e. The van der Waals surface area contributed by atoms with E-state index in [9.17, 15) is 9.90 Å². The maximum Gasteiger partial charge on any atom is 0.174 e. The van der Waals surface area contributed by atoms with Crippen LogP contribution in [0.2, 0.25) is 0 Å². The number of hydrogen-bond donors (Lipinski definition) is 1. The predicted octanol–water partition coefficient (Wildman–Crippen LogP) is 4.80. The second-order valence-corrected chi connectivity index (χ2v) is 7.85. The monoisotopic (exact) mass is 322 g/mol. The Kier molecular flexibility index (Phi) is 6.64. The highest BCUT2D eigenvalue weighted by atomic mass is 16.5. The van der Waals surface area contributed by atoms with Gasteiger partial charge in [0.1, 0.15) is 5.76 Å². The zero-order valence-corrected chi connectivity index (χ0v) is 16.0. The molecule has 1 aliphatic carbocycles. The van der Waals surface area contributed by atoms with Gasteiger partial charge in [0, 0.05) is 11.3 Å². The van der Waals surface area contributed by atoms with Crippen molar-refractivity contribution < 1.29 is 14.6 Å². The molecule has 0 radical (unpaired) electrons. The van der Waals surface area contributed by atoms with Crippen molar-refractivity contribution in [2.45, 2.75) is 79.8 Å². The van der Waals surface area contributed by atoms with Gasteiger partial charge in [-0.25, -0.2) is 0 Å². The van der Waals surface area contributed by atoms with Crippen molar-refractivity contribution in [3.05, 3.63) is 23.0 Å². The molecule has 0 aromatic carbocycles. The van der Waals surface area contributed by atoms with Crippen LogP contribution in [0, 0.1) is 11.3 Å². The highest BCUT2D eigenvalue weighted by molar-refractivity contribution is 5.95. The SMILES string of the molecule is CCCCCCOC1=C(C)[C@H](C)[C@](O)(C(=O)C(C)(C)C)C(C)=C1. The summed E-state index contributed by atoms with van der Waals surface area (Å²) in [6, 6.07) is 0. The number of carbonyl (C=O) groups is 1. The number of hydrogen-bond acceptors (Lipinski definition) is 3. The van der Waals surface area contributed by atoms with Gasteiger partial charge >= 0.3 is 0 Å². The van der Waals surface area contributed by atoms with E-state index in [0.29, 0.717) is 12.2 Å². The van der Waals surface area contributed by atoms with Crippen molar-refractivity contribution in [2.75, 3.05) is 6.61 Å². The number of carbonyl (C=O) groups excluding carboxylic acids is 1. The van der Waals surface area contributed by atoms with Crippen LogP contribution >= 0.6 is 0 Å². The first-order valence-corrected chi connectivity index (χ1v) is 8.86. The van der Waals surface area contributed by atoms with Crippen LogP contribution in [-0.4, -0.2) is 23.1 Å². The van der Waals surface area contributed by atoms with Crippen LogP contribution < -0.4 is 0 Å². The summed E-state index contributed by atoms with van der Waals surface area (Å²) in [7, 11) is 0. The zero-order chi connectivity index (χ0) is 17.8. The third-order valence-electron chi connectivity index (χ3n) is 4.90. The number of ketones is 1. The van der Waals surface area contributed by atoms with E-state index in [-0.39, 0.29) is 11.7 Å². The van der Waals surface area contributed by atoms with Gasteiger partial charge in [0.2, 0.25) is 0 Å². The minimum absolute atomic E-state index is 0.132. The Labute approximate surface area is 141 Å². The van der Waals surface area contributed by atoms with Gasteiger partial charge in [-0.05, 0) is 37.5 Å². The van der Waals surface area contributed by atoms with E-state index in [1.807, 2.05) is 47.6 Å². The molecular formula is C20H34O3. The van der Waals surface area contributed by atoms with Gasteiger partial charge in [0.05, 0.1) is 6.61 Å². The van der Waals surface area contributed by atoms with Crippen LogP contribution in [0.4, 0.5) is 0 Å². The Morgan fingerprint density at radius 3 is 2.39 bits per heavy atom. The lowest BCUT2D eigenvalue weighted by Gasteiger charge is -2.41. The fourth-order valence-corrected chi connectivity index (χ4v) is 3.10. The minimum Gasteiger partial charge on any atom is -0.494 e. The number of aliphatic hydroxyl groups is 1. The van der Waals surface area contributed by atoms with Crippen molar-refractivity contribution in [3.8, 4) is 0 Å². The van der Waals surface area contributed by atoms with E-state index < -0.39 is 11.0 Å². The number of unbranched alkanes of at least 4 members (excludes halogenated alkanes) is 3. The van der Waals surface area contributed by atoms with Crippen LogP contribution in [0.3, 0.4) is 0 Å². The second kappa shape index (κ2) is 7.65. The van der Waals surface area contributed by atoms with Crippen molar-refractivity contribution in [2.24, 2.45) is 11.3 Å². The van der Waals surface area contributed by atoms with Crippen LogP contribution in [0.1, 0.15) is 74.1 Å². The van der Waals surface area contributed by atoms with E-state index in [1.54, 1.807) is 0 Å². The molecular weight excluding hydrogens is 288 g/mol. The molecule has 0 saturated heterocycles. The summed E-state index contributed by atoms with van der Waals surface area (Å²) in [5.74, 6) is 0.412. The molecule has 0 bridgehead atoms. The molecule has 3 heteroatoms. The maximum absolute atomic E-state index is 12.8. The molecule has 0 aromatic rings. The lowest BCUT2D eigenvalue weighted by Crippen LogP contribution is -2.52. The van der Waals surface area contributed by atoms with Gasteiger partial charge in [-0.1, -0.05) is 53.9 Å². The van der Waals surface area contributed by atoms with Crippen molar-refractivity contribution in [1.82, 2.24) is 0 Å². The predicted molar refractivity (Wildman–Crippen MR) is 95.1 cm³/mol. The third-order valence-corrected chi connectivity index (χ3v) is 4.90. The van der Waals surface area contributed by atoms with Crippen LogP contribution in [-0.2, 0) is 9.53 Å². The third kappa shape index (κ3) is 4.26. The van der Waals surface area contributed by atoms with Crippen LogP contribution in [0.15, 0.2) is 23.0 Å². The number of allylic oxidation sites excluding steroid dienone is 1. The molecule has 0 unspecified atom stereocenters. The van der Waals surface area contributed by atoms with E-state index in [2.05, 4.69) is 6.92 Å². The van der Waals surface area contributed by atoms with Crippen molar-refractivity contribution in [3.63, 3.8) is 0 Å². The Morgan fingerprint density at radius 2 is 1.87 bits per heavy atom. The van der Waals surface area contributed by atoms with Crippen molar-refractivity contribution >= 4 is 5.78 Å². The normalized spacial score (nSPS) is 25.4. The second-order valence-electron chi connectivity index (χ2n) is 7.85. The van der Waals surface area contributed by atoms with Gasteiger partial charge in [-0.15, -0.1) is 0 Å². The van der Waals surface area contributed by atoms with Gasteiger partial charge in [-0.3, -0.25) is 4.79 Å². The average molecular weight is 322 g/mol. The molecule has 2 atom stereocenters. The van der Waals surface area contributed by atoms with Crippen LogP contribution in [0.5, 0.6) is 0 Å². The fourth-order valence-electron chi connectivity index (χ4n) is 3.10. The van der Waals surface area contributed by atoms with Gasteiger partial charge < -0.3 is 9.84 Å². The van der Waals surface area contributed by atoms with E-state index >= 15 is 0 Å². The van der Waals surface area contributed by atoms with E-state index in [1.165, 1.54) is 19.3 Å². The molecule has 23 heavy (non-hydrogen) atoms.